The fourth-order valence-corrected chi connectivity index (χ4v) is 3.56. The molecule has 106 valence electrons. The molecular weight excluding hydrogens is 252 g/mol. The highest BCUT2D eigenvalue weighted by molar-refractivity contribution is 7.90. The van der Waals surface area contributed by atoms with Crippen molar-refractivity contribution in [1.82, 2.24) is 10.0 Å². The normalized spacial score (nSPS) is 34.7. The van der Waals surface area contributed by atoms with Crippen LogP contribution in [0.15, 0.2) is 0 Å². The van der Waals surface area contributed by atoms with E-state index in [0.29, 0.717) is 19.2 Å². The molecule has 1 saturated carbocycles. The largest absolute Gasteiger partial charge is 0.376 e. The van der Waals surface area contributed by atoms with E-state index in [4.69, 9.17) is 4.74 Å². The molecule has 0 bridgehead atoms. The van der Waals surface area contributed by atoms with Crippen LogP contribution in [-0.2, 0) is 14.8 Å². The van der Waals surface area contributed by atoms with Gasteiger partial charge in [-0.05, 0) is 40.0 Å². The maximum absolute atomic E-state index is 12.3. The topological polar surface area (TPSA) is 67.4 Å². The van der Waals surface area contributed by atoms with Gasteiger partial charge in [-0.25, -0.2) is 13.1 Å². The number of nitrogens with one attached hydrogen (secondary N) is 2. The zero-order valence-electron chi connectivity index (χ0n) is 11.4. The second kappa shape index (κ2) is 5.07. The summed E-state index contributed by atoms with van der Waals surface area (Å²) >= 11 is 0. The predicted molar refractivity (Wildman–Crippen MR) is 71.0 cm³/mol. The average molecular weight is 276 g/mol. The lowest BCUT2D eigenvalue weighted by molar-refractivity contribution is 0.0956. The van der Waals surface area contributed by atoms with Gasteiger partial charge in [0.1, 0.15) is 0 Å². The minimum Gasteiger partial charge on any atom is -0.376 e. The second-order valence-electron chi connectivity index (χ2n) is 5.82. The van der Waals surface area contributed by atoms with Gasteiger partial charge in [0.2, 0.25) is 10.0 Å². The van der Waals surface area contributed by atoms with E-state index in [0.717, 1.165) is 6.42 Å². The third-order valence-corrected chi connectivity index (χ3v) is 6.04. The van der Waals surface area contributed by atoms with Gasteiger partial charge in [-0.15, -0.1) is 0 Å². The highest BCUT2D eigenvalue weighted by Crippen LogP contribution is 2.26. The van der Waals surface area contributed by atoms with Crippen LogP contribution in [0.2, 0.25) is 0 Å². The van der Waals surface area contributed by atoms with Gasteiger partial charge in [-0.1, -0.05) is 0 Å². The molecule has 2 N–H and O–H groups in total. The summed E-state index contributed by atoms with van der Waals surface area (Å²) in [4.78, 5) is 0. The van der Waals surface area contributed by atoms with Gasteiger partial charge in [0.05, 0.1) is 16.9 Å². The first-order valence-corrected chi connectivity index (χ1v) is 8.26. The molecule has 3 atom stereocenters. The van der Waals surface area contributed by atoms with Crippen molar-refractivity contribution >= 4 is 10.0 Å². The van der Waals surface area contributed by atoms with E-state index in [1.54, 1.807) is 6.92 Å². The number of hydrogen-bond acceptors (Lipinski definition) is 4. The Morgan fingerprint density at radius 1 is 1.44 bits per heavy atom. The minimum atomic E-state index is -3.30. The Morgan fingerprint density at radius 2 is 2.11 bits per heavy atom. The van der Waals surface area contributed by atoms with Crippen molar-refractivity contribution in [3.63, 3.8) is 0 Å². The summed E-state index contributed by atoms with van der Waals surface area (Å²) in [6.45, 7) is 6.73. The van der Waals surface area contributed by atoms with Gasteiger partial charge in [-0.3, -0.25) is 0 Å². The number of sulfonamides is 1. The lowest BCUT2D eigenvalue weighted by Crippen LogP contribution is -2.54. The van der Waals surface area contributed by atoms with Crippen LogP contribution >= 0.6 is 0 Å². The van der Waals surface area contributed by atoms with E-state index in [-0.39, 0.29) is 6.10 Å². The monoisotopic (exact) mass is 276 g/mol. The van der Waals surface area contributed by atoms with Gasteiger partial charge in [0, 0.05) is 19.2 Å². The second-order valence-corrected chi connectivity index (χ2v) is 7.92. The van der Waals surface area contributed by atoms with Crippen LogP contribution in [0, 0.1) is 0 Å². The fraction of sp³-hybridized carbons (Fsp3) is 1.00. The summed E-state index contributed by atoms with van der Waals surface area (Å²) in [6.07, 6.45) is 3.00. The molecule has 0 radical (unpaired) electrons. The fourth-order valence-electron chi connectivity index (χ4n) is 2.12. The van der Waals surface area contributed by atoms with Crippen LogP contribution in [0.5, 0.6) is 0 Å². The molecule has 3 unspecified atom stereocenters. The highest BCUT2D eigenvalue weighted by Gasteiger charge is 2.41. The van der Waals surface area contributed by atoms with Gasteiger partial charge in [-0.2, -0.15) is 0 Å². The lowest BCUT2D eigenvalue weighted by atomic mass is 9.97. The van der Waals surface area contributed by atoms with Crippen LogP contribution in [0.3, 0.4) is 0 Å². The predicted octanol–water partition coefficient (Wildman–Crippen LogP) is 0.614. The van der Waals surface area contributed by atoms with Crippen molar-refractivity contribution in [2.75, 3.05) is 13.2 Å². The molecule has 0 aromatic rings. The molecule has 1 aliphatic heterocycles. The smallest absolute Gasteiger partial charge is 0.216 e. The van der Waals surface area contributed by atoms with E-state index in [1.807, 2.05) is 13.8 Å². The van der Waals surface area contributed by atoms with Crippen LogP contribution in [0.1, 0.15) is 40.0 Å². The SMILES string of the molecule is CC1OCCC1(C)NS(=O)(=O)C(C)CNC1CC1. The average Bonchev–Trinajstić information content (AvgIpc) is 3.03. The standard InChI is InChI=1S/C12H24N2O3S/c1-9(8-13-11-4-5-11)18(15,16)14-12(3)6-7-17-10(12)2/h9-11,13-14H,4-8H2,1-3H3. The molecule has 0 spiro atoms. The van der Waals surface area contributed by atoms with Crippen LogP contribution < -0.4 is 10.0 Å². The first-order valence-electron chi connectivity index (χ1n) is 6.71. The van der Waals surface area contributed by atoms with Crippen LogP contribution in [0.4, 0.5) is 0 Å². The lowest BCUT2D eigenvalue weighted by Gasteiger charge is -2.30. The summed E-state index contributed by atoms with van der Waals surface area (Å²) in [5.74, 6) is 0. The molecule has 0 aromatic carbocycles. The molecule has 1 heterocycles. The molecule has 1 aliphatic carbocycles. The van der Waals surface area contributed by atoms with Crippen molar-refractivity contribution in [2.24, 2.45) is 0 Å². The molecule has 1 saturated heterocycles. The summed E-state index contributed by atoms with van der Waals surface area (Å²) in [7, 11) is -3.30. The minimum absolute atomic E-state index is 0.0733. The number of hydrogen-bond donors (Lipinski definition) is 2. The molecule has 5 nitrogen and oxygen atoms in total. The van der Waals surface area contributed by atoms with Crippen molar-refractivity contribution in [1.29, 1.82) is 0 Å². The summed E-state index contributed by atoms with van der Waals surface area (Å²) in [5, 5.41) is 2.85. The van der Waals surface area contributed by atoms with E-state index < -0.39 is 20.8 Å². The quantitative estimate of drug-likeness (QED) is 0.746. The maximum Gasteiger partial charge on any atom is 0.216 e. The van der Waals surface area contributed by atoms with E-state index in [2.05, 4.69) is 10.0 Å². The molecular formula is C12H24N2O3S. The summed E-state index contributed by atoms with van der Waals surface area (Å²) < 4.78 is 32.8. The molecule has 2 rings (SSSR count). The Morgan fingerprint density at radius 3 is 2.61 bits per heavy atom. The van der Waals surface area contributed by atoms with Gasteiger partial charge < -0.3 is 10.1 Å². The third-order valence-electron chi connectivity index (χ3n) is 4.06. The highest BCUT2D eigenvalue weighted by atomic mass is 32.2. The number of rotatable bonds is 6. The molecule has 2 fully saturated rings. The Labute approximate surface area is 110 Å². The zero-order chi connectivity index (χ0) is 13.4. The van der Waals surface area contributed by atoms with Crippen molar-refractivity contribution in [3.8, 4) is 0 Å². The van der Waals surface area contributed by atoms with Crippen LogP contribution in [-0.4, -0.2) is 44.5 Å². The van der Waals surface area contributed by atoms with E-state index in [9.17, 15) is 8.42 Å². The first kappa shape index (κ1) is 14.2. The van der Waals surface area contributed by atoms with Gasteiger partial charge >= 0.3 is 0 Å². The molecule has 0 amide bonds. The summed E-state index contributed by atoms with van der Waals surface area (Å²) in [5.41, 5.74) is -0.466. The molecule has 0 aromatic heterocycles. The van der Waals surface area contributed by atoms with Crippen molar-refractivity contribution < 1.29 is 13.2 Å². The molecule has 2 aliphatic rings. The molecule has 18 heavy (non-hydrogen) atoms. The first-order chi connectivity index (χ1) is 8.33. The Hall–Kier alpha value is -0.170. The van der Waals surface area contributed by atoms with E-state index in [1.165, 1.54) is 12.8 Å². The maximum atomic E-state index is 12.3. The van der Waals surface area contributed by atoms with Crippen LogP contribution in [0.25, 0.3) is 0 Å². The van der Waals surface area contributed by atoms with Crippen molar-refractivity contribution in [2.45, 2.75) is 63.0 Å². The summed E-state index contributed by atoms with van der Waals surface area (Å²) in [6, 6.07) is 0.534. The third kappa shape index (κ3) is 3.23. The Balaban J connectivity index is 1.92. The Kier molecular flexibility index (Phi) is 4.02. The van der Waals surface area contributed by atoms with E-state index >= 15 is 0 Å². The van der Waals surface area contributed by atoms with Crippen molar-refractivity contribution in [3.05, 3.63) is 0 Å². The molecule has 6 heteroatoms. The zero-order valence-corrected chi connectivity index (χ0v) is 12.2. The Bertz CT molecular complexity index is 394. The number of ether oxygens (including phenoxy) is 1. The van der Waals surface area contributed by atoms with Gasteiger partial charge in [0.25, 0.3) is 0 Å². The van der Waals surface area contributed by atoms with Gasteiger partial charge in [0.15, 0.2) is 0 Å².